The van der Waals surface area contributed by atoms with Crippen molar-refractivity contribution in [2.24, 2.45) is 5.92 Å². The molecule has 1 aliphatic heterocycles. The van der Waals surface area contributed by atoms with Gasteiger partial charge >= 0.3 is 0 Å². The van der Waals surface area contributed by atoms with Crippen LogP contribution in [0.5, 0.6) is 0 Å². The molecule has 1 saturated carbocycles. The zero-order chi connectivity index (χ0) is 15.4. The van der Waals surface area contributed by atoms with Crippen LogP contribution in [0.25, 0.3) is 0 Å². The highest BCUT2D eigenvalue weighted by atomic mass is 35.5. The molecule has 23 heavy (non-hydrogen) atoms. The molecule has 0 aromatic heterocycles. The van der Waals surface area contributed by atoms with Crippen LogP contribution in [0.1, 0.15) is 44.1 Å². The van der Waals surface area contributed by atoms with Crippen molar-refractivity contribution in [3.05, 3.63) is 35.6 Å². The Bertz CT molecular complexity index is 526. The second-order valence-corrected chi connectivity index (χ2v) is 6.70. The summed E-state index contributed by atoms with van der Waals surface area (Å²) < 4.78 is 13.6. The monoisotopic (exact) mass is 340 g/mol. The van der Waals surface area contributed by atoms with E-state index in [2.05, 4.69) is 10.6 Å². The van der Waals surface area contributed by atoms with E-state index in [1.54, 1.807) is 6.07 Å². The second kappa shape index (κ2) is 8.11. The SMILES string of the molecule is Cl.O=C(NCCC1CCNC1)C1(c2cccc(F)c2)CCCC1. The zero-order valence-electron chi connectivity index (χ0n) is 13.4. The summed E-state index contributed by atoms with van der Waals surface area (Å²) in [6.45, 7) is 2.87. The quantitative estimate of drug-likeness (QED) is 0.864. The number of benzene rings is 1. The van der Waals surface area contributed by atoms with E-state index in [0.717, 1.165) is 57.3 Å². The summed E-state index contributed by atoms with van der Waals surface area (Å²) in [6.07, 6.45) is 5.95. The minimum absolute atomic E-state index is 0. The third-order valence-corrected chi connectivity index (χ3v) is 5.27. The third-order valence-electron chi connectivity index (χ3n) is 5.27. The van der Waals surface area contributed by atoms with Gasteiger partial charge in [0.15, 0.2) is 0 Å². The van der Waals surface area contributed by atoms with E-state index in [9.17, 15) is 9.18 Å². The summed E-state index contributed by atoms with van der Waals surface area (Å²) >= 11 is 0. The summed E-state index contributed by atoms with van der Waals surface area (Å²) in [7, 11) is 0. The topological polar surface area (TPSA) is 41.1 Å². The van der Waals surface area contributed by atoms with Gasteiger partial charge < -0.3 is 10.6 Å². The highest BCUT2D eigenvalue weighted by molar-refractivity contribution is 5.88. The maximum absolute atomic E-state index is 13.6. The van der Waals surface area contributed by atoms with E-state index < -0.39 is 5.41 Å². The van der Waals surface area contributed by atoms with Crippen molar-refractivity contribution in [2.45, 2.75) is 43.9 Å². The van der Waals surface area contributed by atoms with Gasteiger partial charge in [-0.05, 0) is 62.4 Å². The molecule has 5 heteroatoms. The Balaban J connectivity index is 0.00000192. The molecule has 2 fully saturated rings. The Labute approximate surface area is 143 Å². The van der Waals surface area contributed by atoms with Crippen molar-refractivity contribution in [1.29, 1.82) is 0 Å². The van der Waals surface area contributed by atoms with E-state index in [1.165, 1.54) is 18.6 Å². The van der Waals surface area contributed by atoms with Crippen LogP contribution in [-0.4, -0.2) is 25.5 Å². The number of halogens is 2. The molecule has 2 aliphatic rings. The molecular weight excluding hydrogens is 315 g/mol. The van der Waals surface area contributed by atoms with Crippen LogP contribution in [0.3, 0.4) is 0 Å². The average molecular weight is 341 g/mol. The number of hydrogen-bond donors (Lipinski definition) is 2. The van der Waals surface area contributed by atoms with Crippen LogP contribution < -0.4 is 10.6 Å². The van der Waals surface area contributed by atoms with Gasteiger partial charge in [0.05, 0.1) is 5.41 Å². The minimum atomic E-state index is -0.518. The molecule has 1 heterocycles. The molecule has 1 saturated heterocycles. The van der Waals surface area contributed by atoms with Crippen LogP contribution in [0, 0.1) is 11.7 Å². The van der Waals surface area contributed by atoms with Gasteiger partial charge in [-0.2, -0.15) is 0 Å². The minimum Gasteiger partial charge on any atom is -0.355 e. The van der Waals surface area contributed by atoms with E-state index in [4.69, 9.17) is 0 Å². The molecule has 1 aliphatic carbocycles. The van der Waals surface area contributed by atoms with Gasteiger partial charge in [0.25, 0.3) is 0 Å². The van der Waals surface area contributed by atoms with Crippen molar-refractivity contribution < 1.29 is 9.18 Å². The first-order valence-electron chi connectivity index (χ1n) is 8.46. The van der Waals surface area contributed by atoms with Gasteiger partial charge in [-0.1, -0.05) is 25.0 Å². The van der Waals surface area contributed by atoms with Gasteiger partial charge in [0.2, 0.25) is 5.91 Å². The predicted octanol–water partition coefficient (Wildman–Crippen LogP) is 3.18. The summed E-state index contributed by atoms with van der Waals surface area (Å²) in [4.78, 5) is 12.8. The fraction of sp³-hybridized carbons (Fsp3) is 0.611. The number of nitrogens with one attached hydrogen (secondary N) is 2. The van der Waals surface area contributed by atoms with Crippen molar-refractivity contribution >= 4 is 18.3 Å². The molecule has 128 valence electrons. The lowest BCUT2D eigenvalue weighted by molar-refractivity contribution is -0.126. The highest BCUT2D eigenvalue weighted by Crippen LogP contribution is 2.41. The van der Waals surface area contributed by atoms with Gasteiger partial charge in [0.1, 0.15) is 5.82 Å². The fourth-order valence-corrected chi connectivity index (χ4v) is 3.93. The lowest BCUT2D eigenvalue weighted by atomic mass is 9.78. The van der Waals surface area contributed by atoms with Gasteiger partial charge in [0, 0.05) is 6.54 Å². The zero-order valence-corrected chi connectivity index (χ0v) is 14.3. The largest absolute Gasteiger partial charge is 0.355 e. The smallest absolute Gasteiger partial charge is 0.230 e. The Morgan fingerprint density at radius 2 is 2.13 bits per heavy atom. The molecule has 2 N–H and O–H groups in total. The third kappa shape index (κ3) is 4.04. The highest BCUT2D eigenvalue weighted by Gasteiger charge is 2.42. The maximum atomic E-state index is 13.6. The van der Waals surface area contributed by atoms with Gasteiger partial charge in [-0.3, -0.25) is 4.79 Å². The normalized spacial score (nSPS) is 22.6. The predicted molar refractivity (Wildman–Crippen MR) is 92.4 cm³/mol. The molecule has 1 atom stereocenters. The number of carbonyl (C=O) groups excluding carboxylic acids is 1. The van der Waals surface area contributed by atoms with Crippen LogP contribution in [-0.2, 0) is 10.2 Å². The van der Waals surface area contributed by atoms with Crippen molar-refractivity contribution in [3.8, 4) is 0 Å². The van der Waals surface area contributed by atoms with E-state index >= 15 is 0 Å². The van der Waals surface area contributed by atoms with Crippen LogP contribution in [0.4, 0.5) is 4.39 Å². The van der Waals surface area contributed by atoms with Crippen LogP contribution in [0.15, 0.2) is 24.3 Å². The maximum Gasteiger partial charge on any atom is 0.230 e. The van der Waals surface area contributed by atoms with Crippen LogP contribution in [0.2, 0.25) is 0 Å². The molecule has 0 radical (unpaired) electrons. The summed E-state index contributed by atoms with van der Waals surface area (Å²) in [5.41, 5.74) is 0.320. The first-order valence-corrected chi connectivity index (χ1v) is 8.46. The number of amides is 1. The molecular formula is C18H26ClFN2O. The fourth-order valence-electron chi connectivity index (χ4n) is 3.93. The van der Waals surface area contributed by atoms with E-state index in [0.29, 0.717) is 5.92 Å². The molecule has 1 unspecified atom stereocenters. The average Bonchev–Trinajstić information content (AvgIpc) is 3.19. The second-order valence-electron chi connectivity index (χ2n) is 6.70. The Morgan fingerprint density at radius 1 is 1.35 bits per heavy atom. The lowest BCUT2D eigenvalue weighted by Gasteiger charge is -2.28. The van der Waals surface area contributed by atoms with Crippen LogP contribution >= 0.6 is 12.4 Å². The van der Waals surface area contributed by atoms with E-state index in [-0.39, 0.29) is 24.1 Å². The molecule has 0 bridgehead atoms. The Hall–Kier alpha value is -1.13. The lowest BCUT2D eigenvalue weighted by Crippen LogP contribution is -2.43. The summed E-state index contributed by atoms with van der Waals surface area (Å²) in [6, 6.07) is 6.58. The Kier molecular flexibility index (Phi) is 6.42. The number of carbonyl (C=O) groups is 1. The summed E-state index contributed by atoms with van der Waals surface area (Å²) in [5, 5.41) is 6.47. The first-order chi connectivity index (χ1) is 10.7. The molecule has 3 rings (SSSR count). The molecule has 1 aromatic rings. The molecule has 1 amide bonds. The number of rotatable bonds is 5. The molecule has 0 spiro atoms. The standard InChI is InChI=1S/C18H25FN2O.ClH/c19-16-5-3-4-15(12-16)18(8-1-2-9-18)17(22)21-11-7-14-6-10-20-13-14;/h3-5,12,14,20H,1-2,6-11,13H2,(H,21,22);1H. The number of hydrogen-bond acceptors (Lipinski definition) is 2. The first kappa shape index (κ1) is 18.2. The van der Waals surface area contributed by atoms with Crippen molar-refractivity contribution in [2.75, 3.05) is 19.6 Å². The van der Waals surface area contributed by atoms with Gasteiger partial charge in [-0.15, -0.1) is 12.4 Å². The summed E-state index contributed by atoms with van der Waals surface area (Å²) in [5.74, 6) is 0.504. The van der Waals surface area contributed by atoms with E-state index in [1.807, 2.05) is 6.07 Å². The molecule has 1 aromatic carbocycles. The van der Waals surface area contributed by atoms with Crippen molar-refractivity contribution in [3.63, 3.8) is 0 Å². The van der Waals surface area contributed by atoms with Crippen molar-refractivity contribution in [1.82, 2.24) is 10.6 Å². The molecule has 3 nitrogen and oxygen atoms in total. The van der Waals surface area contributed by atoms with Gasteiger partial charge in [-0.25, -0.2) is 4.39 Å². The Morgan fingerprint density at radius 3 is 2.78 bits per heavy atom.